The fourth-order valence-electron chi connectivity index (χ4n) is 3.67. The van der Waals surface area contributed by atoms with E-state index in [-0.39, 0.29) is 11.6 Å². The zero-order chi connectivity index (χ0) is 19.5. The van der Waals surface area contributed by atoms with Crippen LogP contribution in [0.3, 0.4) is 0 Å². The second kappa shape index (κ2) is 18.0. The largest absolute Gasteiger partial charge is 0.326 e. The lowest BCUT2D eigenvalue weighted by atomic mass is 9.83. The highest BCUT2D eigenvalue weighted by Gasteiger charge is 2.27. The lowest BCUT2D eigenvalue weighted by Crippen LogP contribution is -2.54. The highest BCUT2D eigenvalue weighted by atomic mass is 14.8. The van der Waals surface area contributed by atoms with Gasteiger partial charge in [-0.1, -0.05) is 97.1 Å². The molecule has 0 radical (unpaired) electrons. The molecule has 0 aliphatic rings. The first-order valence-electron chi connectivity index (χ1n) is 11.8. The van der Waals surface area contributed by atoms with E-state index >= 15 is 0 Å². The van der Waals surface area contributed by atoms with Crippen molar-refractivity contribution in [3.8, 4) is 0 Å². The van der Waals surface area contributed by atoms with E-state index in [0.29, 0.717) is 0 Å². The molecule has 0 fully saturated rings. The van der Waals surface area contributed by atoms with E-state index < -0.39 is 0 Å². The quantitative estimate of drug-likeness (QED) is 0.187. The number of hydrogen-bond donors (Lipinski definition) is 2. The summed E-state index contributed by atoms with van der Waals surface area (Å²) >= 11 is 0. The van der Waals surface area contributed by atoms with Gasteiger partial charge in [0.1, 0.15) is 0 Å². The summed E-state index contributed by atoms with van der Waals surface area (Å²) in [6.45, 7) is 6.60. The molecule has 0 spiro atoms. The van der Waals surface area contributed by atoms with Gasteiger partial charge in [0.2, 0.25) is 0 Å². The number of rotatable bonds is 19. The summed E-state index contributed by atoms with van der Waals surface area (Å²) in [7, 11) is 0. The Morgan fingerprint density at radius 1 is 0.654 bits per heavy atom. The van der Waals surface area contributed by atoms with Gasteiger partial charge >= 0.3 is 0 Å². The smallest absolute Gasteiger partial charge is 0.0302 e. The van der Waals surface area contributed by atoms with E-state index in [1.807, 2.05) is 0 Å². The molecular weight excluding hydrogens is 316 g/mol. The molecule has 2 nitrogen and oxygen atoms in total. The summed E-state index contributed by atoms with van der Waals surface area (Å²) in [6, 6.07) is 0.161. The number of allylic oxidation sites excluding steroid dienone is 2. The molecule has 0 aliphatic carbocycles. The Hall–Kier alpha value is -0.340. The van der Waals surface area contributed by atoms with Crippen molar-refractivity contribution in [3.63, 3.8) is 0 Å². The van der Waals surface area contributed by atoms with Crippen molar-refractivity contribution in [1.29, 1.82) is 0 Å². The van der Waals surface area contributed by atoms with Crippen LogP contribution in [0.5, 0.6) is 0 Å². The minimum atomic E-state index is -0.151. The zero-order valence-electron chi connectivity index (χ0n) is 18.4. The standard InChI is InChI=1S/C24H50N2/c1-4-7-8-9-10-11-12-13-14-15-16-17-18-19-20-21-22-23(25)24(26,5-2)6-3/h13-14,23H,4-12,15-22,25-26H2,1-3H3/b14-13-. The van der Waals surface area contributed by atoms with E-state index in [2.05, 4.69) is 32.9 Å². The van der Waals surface area contributed by atoms with Gasteiger partial charge in [0, 0.05) is 11.6 Å². The van der Waals surface area contributed by atoms with Crippen molar-refractivity contribution in [2.75, 3.05) is 0 Å². The maximum absolute atomic E-state index is 6.38. The average Bonchev–Trinajstić information content (AvgIpc) is 2.66. The van der Waals surface area contributed by atoms with Gasteiger partial charge in [0.25, 0.3) is 0 Å². The molecule has 0 aromatic rings. The molecule has 0 bridgehead atoms. The van der Waals surface area contributed by atoms with Gasteiger partial charge in [-0.05, 0) is 44.9 Å². The van der Waals surface area contributed by atoms with Gasteiger partial charge in [-0.2, -0.15) is 0 Å². The summed E-state index contributed by atoms with van der Waals surface area (Å²) in [6.07, 6.45) is 26.8. The second-order valence-electron chi connectivity index (χ2n) is 8.27. The summed E-state index contributed by atoms with van der Waals surface area (Å²) in [5.74, 6) is 0. The van der Waals surface area contributed by atoms with E-state index in [4.69, 9.17) is 11.5 Å². The monoisotopic (exact) mass is 366 g/mol. The summed E-state index contributed by atoms with van der Waals surface area (Å²) in [5.41, 5.74) is 12.5. The third-order valence-electron chi connectivity index (χ3n) is 6.08. The van der Waals surface area contributed by atoms with Crippen LogP contribution in [-0.4, -0.2) is 11.6 Å². The predicted octanol–water partition coefficient (Wildman–Crippen LogP) is 7.26. The average molecular weight is 367 g/mol. The van der Waals surface area contributed by atoms with Crippen LogP contribution in [0, 0.1) is 0 Å². The molecule has 0 amide bonds. The third-order valence-corrected chi connectivity index (χ3v) is 6.08. The van der Waals surface area contributed by atoms with E-state index in [1.165, 1.54) is 89.9 Å². The molecule has 1 unspecified atom stereocenters. The lowest BCUT2D eigenvalue weighted by molar-refractivity contribution is 0.301. The second-order valence-corrected chi connectivity index (χ2v) is 8.27. The SMILES string of the molecule is CCCCCCCC/C=C\CCCCCCCCC(N)C(N)(CC)CC. The topological polar surface area (TPSA) is 52.0 Å². The van der Waals surface area contributed by atoms with Crippen molar-refractivity contribution in [2.45, 2.75) is 142 Å². The van der Waals surface area contributed by atoms with Gasteiger partial charge in [0.05, 0.1) is 0 Å². The van der Waals surface area contributed by atoms with E-state index in [1.54, 1.807) is 0 Å². The van der Waals surface area contributed by atoms with E-state index in [9.17, 15) is 0 Å². The first-order valence-corrected chi connectivity index (χ1v) is 11.8. The molecule has 156 valence electrons. The summed E-state index contributed by atoms with van der Waals surface area (Å²) in [5, 5.41) is 0. The maximum atomic E-state index is 6.38. The van der Waals surface area contributed by atoms with Crippen LogP contribution in [0.1, 0.15) is 130 Å². The van der Waals surface area contributed by atoms with Crippen molar-refractivity contribution in [2.24, 2.45) is 11.5 Å². The van der Waals surface area contributed by atoms with Crippen LogP contribution in [0.2, 0.25) is 0 Å². The molecular formula is C24H50N2. The molecule has 0 rings (SSSR count). The Morgan fingerprint density at radius 2 is 1.08 bits per heavy atom. The third kappa shape index (κ3) is 13.8. The van der Waals surface area contributed by atoms with Crippen LogP contribution >= 0.6 is 0 Å². The first kappa shape index (κ1) is 25.7. The van der Waals surface area contributed by atoms with Crippen LogP contribution in [0.15, 0.2) is 12.2 Å². The molecule has 2 heteroatoms. The minimum Gasteiger partial charge on any atom is -0.326 e. The van der Waals surface area contributed by atoms with Crippen LogP contribution in [-0.2, 0) is 0 Å². The van der Waals surface area contributed by atoms with E-state index in [0.717, 1.165) is 19.3 Å². The zero-order valence-corrected chi connectivity index (χ0v) is 18.4. The fourth-order valence-corrected chi connectivity index (χ4v) is 3.67. The Labute approximate surface area is 165 Å². The van der Waals surface area contributed by atoms with Crippen molar-refractivity contribution in [1.82, 2.24) is 0 Å². The van der Waals surface area contributed by atoms with Gasteiger partial charge in [-0.15, -0.1) is 0 Å². The highest BCUT2D eigenvalue weighted by Crippen LogP contribution is 2.20. The van der Waals surface area contributed by atoms with Crippen LogP contribution in [0.4, 0.5) is 0 Å². The predicted molar refractivity (Wildman–Crippen MR) is 120 cm³/mol. The highest BCUT2D eigenvalue weighted by molar-refractivity contribution is 4.91. The minimum absolute atomic E-state index is 0.151. The molecule has 0 saturated heterocycles. The Morgan fingerprint density at radius 3 is 1.54 bits per heavy atom. The van der Waals surface area contributed by atoms with Crippen molar-refractivity contribution in [3.05, 3.63) is 12.2 Å². The Balaban J connectivity index is 3.35. The molecule has 4 N–H and O–H groups in total. The van der Waals surface area contributed by atoms with Gasteiger partial charge in [-0.3, -0.25) is 0 Å². The molecule has 0 heterocycles. The molecule has 26 heavy (non-hydrogen) atoms. The molecule has 0 aliphatic heterocycles. The van der Waals surface area contributed by atoms with Crippen LogP contribution in [0.25, 0.3) is 0 Å². The molecule has 0 aromatic carbocycles. The molecule has 0 aromatic heterocycles. The van der Waals surface area contributed by atoms with Crippen LogP contribution < -0.4 is 11.5 Å². The maximum Gasteiger partial charge on any atom is 0.0302 e. The summed E-state index contributed by atoms with van der Waals surface area (Å²) in [4.78, 5) is 0. The van der Waals surface area contributed by atoms with Gasteiger partial charge in [0.15, 0.2) is 0 Å². The fraction of sp³-hybridized carbons (Fsp3) is 0.917. The lowest BCUT2D eigenvalue weighted by Gasteiger charge is -2.33. The number of unbranched alkanes of at least 4 members (excludes halogenated alkanes) is 12. The Bertz CT molecular complexity index is 307. The molecule has 0 saturated carbocycles. The number of hydrogen-bond acceptors (Lipinski definition) is 2. The Kier molecular flexibility index (Phi) is 17.8. The summed E-state index contributed by atoms with van der Waals surface area (Å²) < 4.78 is 0. The van der Waals surface area contributed by atoms with Crippen molar-refractivity contribution < 1.29 is 0 Å². The van der Waals surface area contributed by atoms with Crippen molar-refractivity contribution >= 4 is 0 Å². The van der Waals surface area contributed by atoms with Gasteiger partial charge in [-0.25, -0.2) is 0 Å². The normalized spacial score (nSPS) is 13.6. The molecule has 1 atom stereocenters. The van der Waals surface area contributed by atoms with Gasteiger partial charge < -0.3 is 11.5 Å². The number of nitrogens with two attached hydrogens (primary N) is 2. The first-order chi connectivity index (χ1) is 12.6.